The number of hydrogen-bond donors (Lipinski definition) is 2. The molecule has 3 nitrogen and oxygen atoms in total. The Labute approximate surface area is 89.7 Å². The van der Waals surface area contributed by atoms with Crippen LogP contribution in [0, 0.1) is 0 Å². The molecule has 0 aliphatic heterocycles. The van der Waals surface area contributed by atoms with Gasteiger partial charge in [0.25, 0.3) is 0 Å². The van der Waals surface area contributed by atoms with Crippen LogP contribution >= 0.6 is 0 Å². The van der Waals surface area contributed by atoms with E-state index in [1.807, 2.05) is 0 Å². The molecule has 1 aromatic rings. The van der Waals surface area contributed by atoms with Gasteiger partial charge in [0.15, 0.2) is 0 Å². The van der Waals surface area contributed by atoms with Crippen LogP contribution in [0.4, 0.5) is 13.2 Å². The van der Waals surface area contributed by atoms with E-state index in [1.54, 1.807) is 6.07 Å². The molecule has 0 amide bonds. The SMILES string of the molecule is N[C@](Cc1ccccc1)(C(=O)O)C(F)(F)F. The number of aliphatic carboxylic acids is 1. The molecular formula is C10H10F3NO2. The van der Waals surface area contributed by atoms with Gasteiger partial charge < -0.3 is 10.8 Å². The summed E-state index contributed by atoms with van der Waals surface area (Å²) >= 11 is 0. The fourth-order valence-electron chi connectivity index (χ4n) is 1.21. The summed E-state index contributed by atoms with van der Waals surface area (Å²) in [7, 11) is 0. The number of carboxylic acids is 1. The Hall–Kier alpha value is -1.56. The minimum absolute atomic E-state index is 0.227. The van der Waals surface area contributed by atoms with E-state index in [1.165, 1.54) is 24.3 Å². The number of hydrogen-bond acceptors (Lipinski definition) is 2. The molecule has 0 aliphatic carbocycles. The molecule has 0 bridgehead atoms. The van der Waals surface area contributed by atoms with Crippen molar-refractivity contribution in [2.24, 2.45) is 5.73 Å². The number of alkyl halides is 3. The van der Waals surface area contributed by atoms with E-state index >= 15 is 0 Å². The lowest BCUT2D eigenvalue weighted by Gasteiger charge is -2.27. The maximum absolute atomic E-state index is 12.5. The van der Waals surface area contributed by atoms with Crippen molar-refractivity contribution in [3.8, 4) is 0 Å². The second kappa shape index (κ2) is 4.13. The Morgan fingerprint density at radius 2 is 1.75 bits per heavy atom. The lowest BCUT2D eigenvalue weighted by molar-refractivity contribution is -0.201. The van der Waals surface area contributed by atoms with Gasteiger partial charge in [-0.15, -0.1) is 0 Å². The highest BCUT2D eigenvalue weighted by Gasteiger charge is 2.57. The van der Waals surface area contributed by atoms with Gasteiger partial charge in [-0.2, -0.15) is 13.2 Å². The van der Waals surface area contributed by atoms with Crippen LogP contribution in [0.1, 0.15) is 5.56 Å². The molecule has 88 valence electrons. The summed E-state index contributed by atoms with van der Waals surface area (Å²) in [4.78, 5) is 10.6. The van der Waals surface area contributed by atoms with Crippen LogP contribution in [-0.2, 0) is 11.2 Å². The largest absolute Gasteiger partial charge is 0.480 e. The lowest BCUT2D eigenvalue weighted by atomic mass is 9.91. The van der Waals surface area contributed by atoms with Gasteiger partial charge in [-0.25, -0.2) is 4.79 Å². The van der Waals surface area contributed by atoms with Crippen molar-refractivity contribution < 1.29 is 23.1 Å². The van der Waals surface area contributed by atoms with Crippen molar-refractivity contribution in [1.82, 2.24) is 0 Å². The van der Waals surface area contributed by atoms with Crippen LogP contribution in [0.3, 0.4) is 0 Å². The van der Waals surface area contributed by atoms with Gasteiger partial charge in [-0.1, -0.05) is 30.3 Å². The zero-order valence-electron chi connectivity index (χ0n) is 8.16. The monoisotopic (exact) mass is 233 g/mol. The number of halogens is 3. The third kappa shape index (κ3) is 2.33. The molecule has 16 heavy (non-hydrogen) atoms. The first-order valence-electron chi connectivity index (χ1n) is 4.40. The van der Waals surface area contributed by atoms with E-state index in [-0.39, 0.29) is 5.56 Å². The number of nitrogens with two attached hydrogens (primary N) is 1. The molecule has 0 spiro atoms. The molecule has 0 aliphatic rings. The minimum Gasteiger partial charge on any atom is -0.480 e. The van der Waals surface area contributed by atoms with Gasteiger partial charge in [0.05, 0.1) is 0 Å². The van der Waals surface area contributed by atoms with Gasteiger partial charge in [-0.05, 0) is 5.56 Å². The fourth-order valence-corrected chi connectivity index (χ4v) is 1.21. The molecular weight excluding hydrogens is 223 g/mol. The third-order valence-electron chi connectivity index (χ3n) is 2.21. The molecule has 0 saturated carbocycles. The first-order chi connectivity index (χ1) is 7.27. The zero-order chi connectivity index (χ0) is 12.4. The predicted octanol–water partition coefficient (Wildman–Crippen LogP) is 1.57. The van der Waals surface area contributed by atoms with Crippen molar-refractivity contribution in [3.63, 3.8) is 0 Å². The number of rotatable bonds is 3. The second-order valence-electron chi connectivity index (χ2n) is 3.44. The summed E-state index contributed by atoms with van der Waals surface area (Å²) < 4.78 is 37.6. The van der Waals surface area contributed by atoms with E-state index in [4.69, 9.17) is 10.8 Å². The van der Waals surface area contributed by atoms with Crippen LogP contribution in [0.15, 0.2) is 30.3 Å². The van der Waals surface area contributed by atoms with Crippen molar-refractivity contribution in [1.29, 1.82) is 0 Å². The molecule has 6 heteroatoms. The molecule has 1 atom stereocenters. The van der Waals surface area contributed by atoms with Gasteiger partial charge in [-0.3, -0.25) is 0 Å². The van der Waals surface area contributed by atoms with E-state index in [0.29, 0.717) is 0 Å². The Bertz CT molecular complexity index is 377. The van der Waals surface area contributed by atoms with E-state index in [0.717, 1.165) is 0 Å². The lowest BCUT2D eigenvalue weighted by Crippen LogP contribution is -2.61. The molecule has 0 radical (unpaired) electrons. The van der Waals surface area contributed by atoms with Gasteiger partial charge in [0.2, 0.25) is 5.54 Å². The zero-order valence-corrected chi connectivity index (χ0v) is 8.16. The van der Waals surface area contributed by atoms with Gasteiger partial charge in [0.1, 0.15) is 0 Å². The van der Waals surface area contributed by atoms with Gasteiger partial charge >= 0.3 is 12.1 Å². The van der Waals surface area contributed by atoms with Crippen molar-refractivity contribution in [2.45, 2.75) is 18.1 Å². The fraction of sp³-hybridized carbons (Fsp3) is 0.300. The van der Waals surface area contributed by atoms with Crippen molar-refractivity contribution in [3.05, 3.63) is 35.9 Å². The van der Waals surface area contributed by atoms with Crippen molar-refractivity contribution in [2.75, 3.05) is 0 Å². The molecule has 0 aromatic heterocycles. The number of carboxylic acid groups (broad SMARTS) is 1. The van der Waals surface area contributed by atoms with Crippen LogP contribution in [0.5, 0.6) is 0 Å². The molecule has 0 fully saturated rings. The maximum Gasteiger partial charge on any atom is 0.417 e. The summed E-state index contributed by atoms with van der Waals surface area (Å²) in [5.74, 6) is -2.08. The van der Waals surface area contributed by atoms with Crippen LogP contribution in [-0.4, -0.2) is 22.8 Å². The molecule has 3 N–H and O–H groups in total. The normalized spacial score (nSPS) is 15.5. The first kappa shape index (κ1) is 12.5. The summed E-state index contributed by atoms with van der Waals surface area (Å²) in [5, 5.41) is 8.58. The van der Waals surface area contributed by atoms with Gasteiger partial charge in [0, 0.05) is 6.42 Å². The maximum atomic E-state index is 12.5. The summed E-state index contributed by atoms with van der Waals surface area (Å²) in [6, 6.07) is 7.46. The highest BCUT2D eigenvalue weighted by atomic mass is 19.4. The van der Waals surface area contributed by atoms with E-state index in [9.17, 15) is 18.0 Å². The second-order valence-corrected chi connectivity index (χ2v) is 3.44. The van der Waals surface area contributed by atoms with Crippen LogP contribution in [0.2, 0.25) is 0 Å². The summed E-state index contributed by atoms with van der Waals surface area (Å²) in [6.45, 7) is 0. The summed E-state index contributed by atoms with van der Waals surface area (Å²) in [5.41, 5.74) is 1.91. The summed E-state index contributed by atoms with van der Waals surface area (Å²) in [6.07, 6.45) is -5.78. The Kier molecular flexibility index (Phi) is 3.23. The molecule has 1 rings (SSSR count). The van der Waals surface area contributed by atoms with Crippen LogP contribution < -0.4 is 5.73 Å². The standard InChI is InChI=1S/C10H10F3NO2/c11-10(12,13)9(14,8(15)16)6-7-4-2-1-3-5-7/h1-5H,6,14H2,(H,15,16)/t9-/m1/s1. The van der Waals surface area contributed by atoms with E-state index < -0.39 is 24.1 Å². The average molecular weight is 233 g/mol. The van der Waals surface area contributed by atoms with Crippen LogP contribution in [0.25, 0.3) is 0 Å². The quantitative estimate of drug-likeness (QED) is 0.832. The molecule has 0 saturated heterocycles. The molecule has 0 unspecified atom stereocenters. The molecule has 0 heterocycles. The topological polar surface area (TPSA) is 63.3 Å². The van der Waals surface area contributed by atoms with E-state index in [2.05, 4.69) is 0 Å². The first-order valence-corrected chi connectivity index (χ1v) is 4.40. The minimum atomic E-state index is -4.99. The molecule has 1 aromatic carbocycles. The Morgan fingerprint density at radius 3 is 2.12 bits per heavy atom. The number of carbonyl (C=O) groups is 1. The average Bonchev–Trinajstić information content (AvgIpc) is 2.17. The predicted molar refractivity (Wildman–Crippen MR) is 50.8 cm³/mol. The smallest absolute Gasteiger partial charge is 0.417 e. The third-order valence-corrected chi connectivity index (χ3v) is 2.21. The highest BCUT2D eigenvalue weighted by molar-refractivity contribution is 5.80. The number of benzene rings is 1. The Morgan fingerprint density at radius 1 is 1.25 bits per heavy atom. The van der Waals surface area contributed by atoms with Crippen molar-refractivity contribution >= 4 is 5.97 Å². The Balaban J connectivity index is 3.03. The highest BCUT2D eigenvalue weighted by Crippen LogP contribution is 2.31.